The van der Waals surface area contributed by atoms with E-state index in [1.54, 1.807) is 0 Å². The van der Waals surface area contributed by atoms with Gasteiger partial charge in [-0.2, -0.15) is 0 Å². The van der Waals surface area contributed by atoms with Gasteiger partial charge in [0.15, 0.2) is 0 Å². The molecule has 0 amide bonds. The molecule has 0 aliphatic rings. The molecular weight excluding hydrogens is 248 g/mol. The summed E-state index contributed by atoms with van der Waals surface area (Å²) in [5.41, 5.74) is 0. The van der Waals surface area contributed by atoms with E-state index in [1.807, 2.05) is 0 Å². The van der Waals surface area contributed by atoms with E-state index in [2.05, 4.69) is 20.8 Å². The van der Waals surface area contributed by atoms with Crippen LogP contribution in [0.3, 0.4) is 0 Å². The Morgan fingerprint density at radius 1 is 0.600 bits per heavy atom. The van der Waals surface area contributed by atoms with Gasteiger partial charge >= 0.3 is 0 Å². The standard InChI is InChI=1S/C10H22O.C8H18O/c1-2-3-4-5-6-7-8-9-10-11;1-8(2)6-4-3-5-7-9/h11H,2-10H2,1H3;8-9H,3-7H2,1-2H3. The molecule has 0 fully saturated rings. The van der Waals surface area contributed by atoms with Gasteiger partial charge in [-0.15, -0.1) is 0 Å². The summed E-state index contributed by atoms with van der Waals surface area (Å²) in [7, 11) is 0. The molecule has 0 aliphatic heterocycles. The second kappa shape index (κ2) is 21.2. The lowest BCUT2D eigenvalue weighted by Crippen LogP contribution is -1.88. The number of aliphatic hydroxyl groups excluding tert-OH is 2. The fourth-order valence-corrected chi connectivity index (χ4v) is 2.09. The van der Waals surface area contributed by atoms with Crippen LogP contribution >= 0.6 is 0 Å². The fourth-order valence-electron chi connectivity index (χ4n) is 2.09. The summed E-state index contributed by atoms with van der Waals surface area (Å²) < 4.78 is 0. The lowest BCUT2D eigenvalue weighted by molar-refractivity contribution is 0.281. The predicted octanol–water partition coefficient (Wildman–Crippen LogP) is 5.31. The second-order valence-corrected chi connectivity index (χ2v) is 6.17. The Labute approximate surface area is 128 Å². The quantitative estimate of drug-likeness (QED) is 0.451. The highest BCUT2D eigenvalue weighted by molar-refractivity contribution is 4.46. The van der Waals surface area contributed by atoms with Crippen molar-refractivity contribution in [2.75, 3.05) is 13.2 Å². The van der Waals surface area contributed by atoms with Crippen molar-refractivity contribution in [2.24, 2.45) is 5.92 Å². The minimum Gasteiger partial charge on any atom is -0.396 e. The predicted molar refractivity (Wildman–Crippen MR) is 90.1 cm³/mol. The van der Waals surface area contributed by atoms with Crippen LogP contribution in [0.1, 0.15) is 97.8 Å². The number of rotatable bonds is 13. The molecule has 20 heavy (non-hydrogen) atoms. The van der Waals surface area contributed by atoms with E-state index >= 15 is 0 Å². The molecule has 0 spiro atoms. The molecule has 0 aromatic rings. The van der Waals surface area contributed by atoms with Crippen molar-refractivity contribution in [3.63, 3.8) is 0 Å². The average molecular weight is 289 g/mol. The Bertz CT molecular complexity index is 138. The molecule has 2 nitrogen and oxygen atoms in total. The lowest BCUT2D eigenvalue weighted by Gasteiger charge is -2.01. The fraction of sp³-hybridized carbons (Fsp3) is 1.00. The highest BCUT2D eigenvalue weighted by Crippen LogP contribution is 2.08. The van der Waals surface area contributed by atoms with Crippen LogP contribution < -0.4 is 0 Å². The molecule has 0 atom stereocenters. The van der Waals surface area contributed by atoms with Crippen LogP contribution in [-0.2, 0) is 0 Å². The molecule has 0 radical (unpaired) electrons. The van der Waals surface area contributed by atoms with Gasteiger partial charge in [0, 0.05) is 13.2 Å². The second-order valence-electron chi connectivity index (χ2n) is 6.17. The van der Waals surface area contributed by atoms with E-state index in [0.717, 1.165) is 18.8 Å². The van der Waals surface area contributed by atoms with Crippen molar-refractivity contribution >= 4 is 0 Å². The Balaban J connectivity index is 0. The van der Waals surface area contributed by atoms with E-state index in [1.165, 1.54) is 64.2 Å². The Morgan fingerprint density at radius 2 is 1.00 bits per heavy atom. The minimum absolute atomic E-state index is 0.359. The van der Waals surface area contributed by atoms with Crippen molar-refractivity contribution < 1.29 is 10.2 Å². The first-order chi connectivity index (χ1) is 9.68. The van der Waals surface area contributed by atoms with Crippen molar-refractivity contribution in [3.05, 3.63) is 0 Å². The first-order valence-corrected chi connectivity index (χ1v) is 8.90. The normalized spacial score (nSPS) is 10.5. The molecule has 0 unspecified atom stereocenters. The van der Waals surface area contributed by atoms with Crippen LogP contribution in [0.5, 0.6) is 0 Å². The molecule has 0 aliphatic carbocycles. The third-order valence-electron chi connectivity index (χ3n) is 3.45. The maximum atomic E-state index is 8.51. The van der Waals surface area contributed by atoms with Crippen molar-refractivity contribution in [1.82, 2.24) is 0 Å². The summed E-state index contributed by atoms with van der Waals surface area (Å²) >= 11 is 0. The van der Waals surface area contributed by atoms with Crippen LogP contribution in [0.15, 0.2) is 0 Å². The Kier molecular flexibility index (Phi) is 23.6. The Morgan fingerprint density at radius 3 is 1.40 bits per heavy atom. The van der Waals surface area contributed by atoms with Gasteiger partial charge in [-0.05, 0) is 18.8 Å². The third kappa shape index (κ3) is 26.5. The van der Waals surface area contributed by atoms with Gasteiger partial charge in [-0.25, -0.2) is 0 Å². The molecule has 0 bridgehead atoms. The smallest absolute Gasteiger partial charge is 0.0431 e. The van der Waals surface area contributed by atoms with Gasteiger partial charge in [-0.1, -0.05) is 85.0 Å². The maximum Gasteiger partial charge on any atom is 0.0431 e. The van der Waals surface area contributed by atoms with Crippen LogP contribution in [-0.4, -0.2) is 23.4 Å². The van der Waals surface area contributed by atoms with Crippen LogP contribution in [0.25, 0.3) is 0 Å². The van der Waals surface area contributed by atoms with E-state index in [9.17, 15) is 0 Å². The first-order valence-electron chi connectivity index (χ1n) is 8.90. The van der Waals surface area contributed by atoms with Crippen LogP contribution in [0.2, 0.25) is 0 Å². The highest BCUT2D eigenvalue weighted by atomic mass is 16.3. The first kappa shape index (κ1) is 22.2. The number of hydrogen-bond donors (Lipinski definition) is 2. The Hall–Kier alpha value is -0.0800. The van der Waals surface area contributed by atoms with E-state index in [-0.39, 0.29) is 0 Å². The molecular formula is C18H40O2. The molecule has 124 valence electrons. The monoisotopic (exact) mass is 288 g/mol. The van der Waals surface area contributed by atoms with Gasteiger partial charge in [0.2, 0.25) is 0 Å². The van der Waals surface area contributed by atoms with Gasteiger partial charge < -0.3 is 10.2 Å². The highest BCUT2D eigenvalue weighted by Gasteiger charge is 1.92. The van der Waals surface area contributed by atoms with Gasteiger partial charge in [0.1, 0.15) is 0 Å². The van der Waals surface area contributed by atoms with Crippen molar-refractivity contribution in [3.8, 4) is 0 Å². The summed E-state index contributed by atoms with van der Waals surface area (Å²) in [6.07, 6.45) is 15.1. The zero-order valence-corrected chi connectivity index (χ0v) is 14.4. The number of hydrogen-bond acceptors (Lipinski definition) is 2. The molecule has 0 aromatic heterocycles. The molecule has 0 saturated carbocycles. The zero-order valence-electron chi connectivity index (χ0n) is 14.4. The zero-order chi connectivity index (χ0) is 15.5. The largest absolute Gasteiger partial charge is 0.396 e. The van der Waals surface area contributed by atoms with Crippen LogP contribution in [0.4, 0.5) is 0 Å². The molecule has 0 heterocycles. The molecule has 2 heteroatoms. The van der Waals surface area contributed by atoms with E-state index in [4.69, 9.17) is 10.2 Å². The summed E-state index contributed by atoms with van der Waals surface area (Å²) in [6, 6.07) is 0. The number of aliphatic hydroxyl groups is 2. The van der Waals surface area contributed by atoms with Gasteiger partial charge in [0.05, 0.1) is 0 Å². The van der Waals surface area contributed by atoms with E-state index in [0.29, 0.717) is 13.2 Å². The minimum atomic E-state index is 0.359. The van der Waals surface area contributed by atoms with E-state index < -0.39 is 0 Å². The molecule has 0 rings (SSSR count). The maximum absolute atomic E-state index is 8.51. The molecule has 0 aromatic carbocycles. The summed E-state index contributed by atoms with van der Waals surface area (Å²) in [5, 5.41) is 16.9. The number of unbranched alkanes of at least 4 members (excludes halogenated alkanes) is 9. The summed E-state index contributed by atoms with van der Waals surface area (Å²) in [6.45, 7) is 7.44. The van der Waals surface area contributed by atoms with Crippen molar-refractivity contribution in [1.29, 1.82) is 0 Å². The summed E-state index contributed by atoms with van der Waals surface area (Å²) in [5.74, 6) is 0.823. The summed E-state index contributed by atoms with van der Waals surface area (Å²) in [4.78, 5) is 0. The third-order valence-corrected chi connectivity index (χ3v) is 3.45. The topological polar surface area (TPSA) is 40.5 Å². The van der Waals surface area contributed by atoms with Crippen LogP contribution in [0, 0.1) is 5.92 Å². The molecule has 2 N–H and O–H groups in total. The molecule has 0 saturated heterocycles. The lowest BCUT2D eigenvalue weighted by atomic mass is 10.1. The van der Waals surface area contributed by atoms with Gasteiger partial charge in [0.25, 0.3) is 0 Å². The average Bonchev–Trinajstić information content (AvgIpc) is 2.43. The SMILES string of the molecule is CC(C)CCCCCO.CCCCCCCCCCO. The van der Waals surface area contributed by atoms with Crippen molar-refractivity contribution in [2.45, 2.75) is 97.8 Å². The van der Waals surface area contributed by atoms with Gasteiger partial charge in [-0.3, -0.25) is 0 Å².